The van der Waals surface area contributed by atoms with Gasteiger partial charge in [-0.1, -0.05) is 6.07 Å². The van der Waals surface area contributed by atoms with Crippen LogP contribution in [0.25, 0.3) is 0 Å². The molecule has 8 heteroatoms. The largest absolute Gasteiger partial charge is 0.493 e. The lowest BCUT2D eigenvalue weighted by atomic mass is 10.1. The monoisotopic (exact) mass is 401 g/mol. The molecule has 1 amide bonds. The minimum atomic E-state index is -0.618. The molecular weight excluding hydrogens is 378 g/mol. The number of nitrogens with one attached hydrogen (secondary N) is 1. The van der Waals surface area contributed by atoms with E-state index in [0.717, 1.165) is 11.3 Å². The van der Waals surface area contributed by atoms with Gasteiger partial charge in [-0.05, 0) is 42.3 Å². The highest BCUT2D eigenvalue weighted by molar-refractivity contribution is 5.92. The number of rotatable bonds is 8. The number of esters is 1. The Balaban J connectivity index is 1.43. The molecule has 0 atom stereocenters. The van der Waals surface area contributed by atoms with Gasteiger partial charge in [0.2, 0.25) is 0 Å². The number of amides is 1. The van der Waals surface area contributed by atoms with Crippen LogP contribution in [0.4, 0.5) is 0 Å². The van der Waals surface area contributed by atoms with Gasteiger partial charge < -0.3 is 29.0 Å². The van der Waals surface area contributed by atoms with Crippen LogP contribution >= 0.6 is 0 Å². The molecule has 154 valence electrons. The van der Waals surface area contributed by atoms with Gasteiger partial charge in [0.15, 0.2) is 29.6 Å². The average Bonchev–Trinajstić information content (AvgIpc) is 2.76. The first-order valence-corrected chi connectivity index (χ1v) is 9.15. The van der Waals surface area contributed by atoms with Crippen molar-refractivity contribution < 1.29 is 33.3 Å². The summed E-state index contributed by atoms with van der Waals surface area (Å²) in [4.78, 5) is 24.1. The molecular formula is C21H23NO7. The number of ether oxygens (including phenoxy) is 5. The van der Waals surface area contributed by atoms with Crippen molar-refractivity contribution in [3.63, 3.8) is 0 Å². The Morgan fingerprint density at radius 1 is 0.966 bits per heavy atom. The highest BCUT2D eigenvalue weighted by Gasteiger charge is 2.14. The molecule has 1 aliphatic rings. The van der Waals surface area contributed by atoms with Crippen LogP contribution in [-0.2, 0) is 16.0 Å². The van der Waals surface area contributed by atoms with Crippen molar-refractivity contribution in [1.82, 2.24) is 5.32 Å². The number of hydrogen-bond acceptors (Lipinski definition) is 7. The highest BCUT2D eigenvalue weighted by atomic mass is 16.6. The maximum atomic E-state index is 12.1. The van der Waals surface area contributed by atoms with E-state index >= 15 is 0 Å². The van der Waals surface area contributed by atoms with E-state index in [4.69, 9.17) is 23.7 Å². The van der Waals surface area contributed by atoms with Crippen LogP contribution in [0.3, 0.4) is 0 Å². The Kier molecular flexibility index (Phi) is 6.78. The third-order valence-electron chi connectivity index (χ3n) is 4.30. The molecule has 0 spiro atoms. The second-order valence-corrected chi connectivity index (χ2v) is 6.22. The molecule has 2 aromatic rings. The van der Waals surface area contributed by atoms with E-state index in [0.29, 0.717) is 43.4 Å². The molecule has 0 aliphatic carbocycles. The fraction of sp³-hybridized carbons (Fsp3) is 0.333. The molecule has 0 fully saturated rings. The van der Waals surface area contributed by atoms with Crippen LogP contribution in [0, 0.1) is 0 Å². The molecule has 1 aliphatic heterocycles. The third-order valence-corrected chi connectivity index (χ3v) is 4.30. The van der Waals surface area contributed by atoms with E-state index in [1.807, 2.05) is 18.2 Å². The van der Waals surface area contributed by atoms with E-state index in [-0.39, 0.29) is 18.1 Å². The summed E-state index contributed by atoms with van der Waals surface area (Å²) in [6.07, 6.45) is 0.617. The summed E-state index contributed by atoms with van der Waals surface area (Å²) in [5.74, 6) is 1.35. The van der Waals surface area contributed by atoms with Crippen LogP contribution in [0.2, 0.25) is 0 Å². The molecule has 0 bridgehead atoms. The minimum Gasteiger partial charge on any atom is -0.493 e. The molecule has 0 unspecified atom stereocenters. The Bertz CT molecular complexity index is 881. The number of benzene rings is 2. The molecule has 2 aromatic carbocycles. The van der Waals surface area contributed by atoms with E-state index in [9.17, 15) is 9.59 Å². The summed E-state index contributed by atoms with van der Waals surface area (Å²) in [6, 6.07) is 10.3. The zero-order valence-electron chi connectivity index (χ0n) is 16.4. The number of carbonyl (C=O) groups is 2. The fourth-order valence-electron chi connectivity index (χ4n) is 2.82. The molecule has 1 heterocycles. The average molecular weight is 401 g/mol. The maximum absolute atomic E-state index is 12.1. The zero-order chi connectivity index (χ0) is 20.6. The van der Waals surface area contributed by atoms with Crippen molar-refractivity contribution >= 4 is 11.9 Å². The predicted molar refractivity (Wildman–Crippen MR) is 104 cm³/mol. The van der Waals surface area contributed by atoms with Gasteiger partial charge in [-0.2, -0.15) is 0 Å². The molecule has 1 N–H and O–H groups in total. The van der Waals surface area contributed by atoms with Gasteiger partial charge in [-0.3, -0.25) is 4.79 Å². The second kappa shape index (κ2) is 9.68. The molecule has 0 saturated heterocycles. The molecule has 29 heavy (non-hydrogen) atoms. The van der Waals surface area contributed by atoms with E-state index < -0.39 is 5.97 Å². The summed E-state index contributed by atoms with van der Waals surface area (Å²) in [6.45, 7) is 1.11. The smallest absolute Gasteiger partial charge is 0.338 e. The molecule has 0 radical (unpaired) electrons. The Labute approximate surface area is 168 Å². The van der Waals surface area contributed by atoms with Crippen molar-refractivity contribution in [3.05, 3.63) is 47.5 Å². The van der Waals surface area contributed by atoms with Crippen LogP contribution in [0.1, 0.15) is 15.9 Å². The van der Waals surface area contributed by atoms with Crippen LogP contribution in [0.15, 0.2) is 36.4 Å². The predicted octanol–water partition coefficient (Wildman–Crippen LogP) is 1.99. The van der Waals surface area contributed by atoms with E-state index in [2.05, 4.69) is 5.32 Å². The maximum Gasteiger partial charge on any atom is 0.338 e. The standard InChI is InChI=1S/C21H23NO7/c1-25-16-6-4-15(12-18(16)26-2)21(24)29-13-20(23)22-8-7-14-3-5-17-19(11-14)28-10-9-27-17/h3-6,11-12H,7-10,13H2,1-2H3,(H,22,23). The van der Waals surface area contributed by atoms with Gasteiger partial charge in [0.05, 0.1) is 19.8 Å². The Morgan fingerprint density at radius 3 is 2.48 bits per heavy atom. The third kappa shape index (κ3) is 5.31. The number of carbonyl (C=O) groups excluding carboxylic acids is 2. The Hall–Kier alpha value is -3.42. The van der Waals surface area contributed by atoms with Crippen molar-refractivity contribution in [2.24, 2.45) is 0 Å². The molecule has 3 rings (SSSR count). The van der Waals surface area contributed by atoms with Gasteiger partial charge in [0.1, 0.15) is 13.2 Å². The lowest BCUT2D eigenvalue weighted by molar-refractivity contribution is -0.124. The summed E-state index contributed by atoms with van der Waals surface area (Å²) in [5.41, 5.74) is 1.28. The van der Waals surface area contributed by atoms with E-state index in [1.165, 1.54) is 20.3 Å². The lowest BCUT2D eigenvalue weighted by Crippen LogP contribution is -2.30. The summed E-state index contributed by atoms with van der Waals surface area (Å²) in [5, 5.41) is 2.73. The van der Waals surface area contributed by atoms with Crippen molar-refractivity contribution in [3.8, 4) is 23.0 Å². The topological polar surface area (TPSA) is 92.3 Å². The summed E-state index contributed by atoms with van der Waals surface area (Å²) < 4.78 is 26.4. The summed E-state index contributed by atoms with van der Waals surface area (Å²) in [7, 11) is 2.98. The first kappa shape index (κ1) is 20.3. The van der Waals surface area contributed by atoms with Crippen molar-refractivity contribution in [2.45, 2.75) is 6.42 Å². The van der Waals surface area contributed by atoms with Gasteiger partial charge in [0, 0.05) is 6.54 Å². The minimum absolute atomic E-state index is 0.270. The van der Waals surface area contributed by atoms with Crippen LogP contribution in [0.5, 0.6) is 23.0 Å². The SMILES string of the molecule is COc1ccc(C(=O)OCC(=O)NCCc2ccc3c(c2)OCCO3)cc1OC. The first-order valence-electron chi connectivity index (χ1n) is 9.15. The molecule has 8 nitrogen and oxygen atoms in total. The van der Waals surface area contributed by atoms with Gasteiger partial charge in [-0.15, -0.1) is 0 Å². The normalized spacial score (nSPS) is 12.1. The fourth-order valence-corrected chi connectivity index (χ4v) is 2.82. The Morgan fingerprint density at radius 2 is 1.72 bits per heavy atom. The van der Waals surface area contributed by atoms with Gasteiger partial charge >= 0.3 is 5.97 Å². The zero-order valence-corrected chi connectivity index (χ0v) is 16.4. The van der Waals surface area contributed by atoms with E-state index in [1.54, 1.807) is 12.1 Å². The second-order valence-electron chi connectivity index (χ2n) is 6.22. The molecule has 0 aromatic heterocycles. The first-order chi connectivity index (χ1) is 14.1. The van der Waals surface area contributed by atoms with Crippen LogP contribution < -0.4 is 24.3 Å². The summed E-state index contributed by atoms with van der Waals surface area (Å²) >= 11 is 0. The van der Waals surface area contributed by atoms with Crippen molar-refractivity contribution in [2.75, 3.05) is 40.6 Å². The van der Waals surface area contributed by atoms with Gasteiger partial charge in [0.25, 0.3) is 5.91 Å². The quantitative estimate of drug-likeness (QED) is 0.676. The number of methoxy groups -OCH3 is 2. The highest BCUT2D eigenvalue weighted by Crippen LogP contribution is 2.30. The number of fused-ring (bicyclic) bond motifs is 1. The lowest BCUT2D eigenvalue weighted by Gasteiger charge is -2.18. The number of hydrogen-bond donors (Lipinski definition) is 1. The van der Waals surface area contributed by atoms with Crippen molar-refractivity contribution in [1.29, 1.82) is 0 Å². The van der Waals surface area contributed by atoms with Crippen LogP contribution in [-0.4, -0.2) is 52.5 Å². The molecule has 0 saturated carbocycles. The van der Waals surface area contributed by atoms with Gasteiger partial charge in [-0.25, -0.2) is 4.79 Å².